The first-order chi connectivity index (χ1) is 44.4. The summed E-state index contributed by atoms with van der Waals surface area (Å²) < 4.78 is 61.0. The first kappa shape index (κ1) is 69.7. The number of fused-ring (bicyclic) bond motifs is 2. The van der Waals surface area contributed by atoms with Crippen molar-refractivity contribution in [3.05, 3.63) is 136 Å². The van der Waals surface area contributed by atoms with Gasteiger partial charge in [-0.3, -0.25) is 19.0 Å². The predicted octanol–water partition coefficient (Wildman–Crippen LogP) is 7.86. The van der Waals surface area contributed by atoms with Gasteiger partial charge < -0.3 is 44.6 Å². The zero-order chi connectivity index (χ0) is 68.1. The zero-order valence-electron chi connectivity index (χ0n) is 52.4. The zero-order valence-corrected chi connectivity index (χ0v) is 55.6. The van der Waals surface area contributed by atoms with Crippen LogP contribution >= 0.6 is 23.2 Å². The van der Waals surface area contributed by atoms with Crippen LogP contribution in [0.25, 0.3) is 42.6 Å². The number of hydrogen-bond donors (Lipinski definition) is 5. The highest BCUT2D eigenvalue weighted by Crippen LogP contribution is 2.37. The van der Waals surface area contributed by atoms with E-state index < -0.39 is 68.2 Å². The Kier molecular flexibility index (Phi) is 21.5. The number of azide groups is 3. The number of benzene rings is 2. The topological polar surface area (TPSA) is 436 Å². The van der Waals surface area contributed by atoms with E-state index in [1.54, 1.807) is 39.6 Å². The molecule has 0 spiro atoms. The Labute approximate surface area is 550 Å². The molecule has 502 valence electrons. The molecule has 94 heavy (non-hydrogen) atoms. The summed E-state index contributed by atoms with van der Waals surface area (Å²) in [5.41, 5.74) is 30.1. The third-order valence-electron chi connectivity index (χ3n) is 16.1. The number of β-amino-alcohol motifs (C(OH)–C–C–N with tert-alkyl or cyclic N) is 3. The summed E-state index contributed by atoms with van der Waals surface area (Å²) in [7, 11) is -7.23. The Bertz CT molecular complexity index is 4010. The lowest BCUT2D eigenvalue weighted by atomic mass is 9.98. The van der Waals surface area contributed by atoms with Crippen molar-refractivity contribution in [3.63, 3.8) is 0 Å². The molecule has 33 nitrogen and oxygen atoms in total. The molecule has 2 aromatic carbocycles. The van der Waals surface area contributed by atoms with Gasteiger partial charge in [-0.15, -0.1) is 0 Å². The second kappa shape index (κ2) is 28.9. The summed E-state index contributed by atoms with van der Waals surface area (Å²) in [6, 6.07) is 10.3. The van der Waals surface area contributed by atoms with Crippen LogP contribution in [0.15, 0.2) is 76.3 Å². The van der Waals surface area contributed by atoms with Gasteiger partial charge in [0.05, 0.1) is 101 Å². The number of halogens is 2. The largest absolute Gasteiger partial charge is 0.444 e. The van der Waals surface area contributed by atoms with Gasteiger partial charge in [-0.25, -0.2) is 40.6 Å². The van der Waals surface area contributed by atoms with Crippen LogP contribution in [-0.4, -0.2) is 201 Å². The van der Waals surface area contributed by atoms with Crippen LogP contribution in [0.1, 0.15) is 115 Å². The first-order valence-electron chi connectivity index (χ1n) is 30.0. The molecule has 3 amide bonds. The molecule has 8 atom stereocenters. The second-order valence-electron chi connectivity index (χ2n) is 24.6. The lowest BCUT2D eigenvalue weighted by molar-refractivity contribution is 0.0269. The van der Waals surface area contributed by atoms with Crippen molar-refractivity contribution in [3.8, 4) is 0 Å². The highest BCUT2D eigenvalue weighted by molar-refractivity contribution is 7.92. The van der Waals surface area contributed by atoms with Crippen LogP contribution in [-0.2, 0) is 24.8 Å². The van der Waals surface area contributed by atoms with Crippen molar-refractivity contribution in [2.45, 2.75) is 127 Å². The number of aliphatic hydroxyl groups is 3. The molecule has 5 saturated heterocycles. The quantitative estimate of drug-likeness (QED) is 0.0417. The van der Waals surface area contributed by atoms with Gasteiger partial charge in [-0.2, -0.15) is 10.2 Å². The number of ether oxygens (including phenoxy) is 1. The standard InChI is InChI=1S/2C24H28ClN9O4S.C9H16N4O3/c2*1-14-11-34-22(27-23(14)32-12-19(28-31-26)21(35)13-32)10-18(29-34)20-5-3-4-8-33(20)24(36)16-9-15(25)6-7-17(16)30-39(2,37)38;1-9(2,3)16-8(15)13-4-6(11-12-10)7(14)5-13/h2*6-7,9-11,19-21,30,35H,3-5,8,12-13H2,1-2H3;6-7,14H,4-5H2,1-3H3/t19-,20+,21-;19-,20-,21-;6-,7-/m100/s1. The molecule has 0 aliphatic carbocycles. The monoisotopic (exact) mass is 1370 g/mol. The number of amides is 3. The number of sulfonamides is 2. The Hall–Kier alpha value is -8.62. The fourth-order valence-corrected chi connectivity index (χ4v) is 13.4. The molecule has 0 bridgehead atoms. The molecule has 6 aromatic rings. The van der Waals surface area contributed by atoms with Gasteiger partial charge in [0, 0.05) is 106 Å². The smallest absolute Gasteiger partial charge is 0.410 e. The van der Waals surface area contributed by atoms with E-state index in [-0.39, 0.29) is 59.5 Å². The van der Waals surface area contributed by atoms with Crippen LogP contribution < -0.4 is 19.2 Å². The fraction of sp³-hybridized carbons (Fsp3) is 0.526. The summed E-state index contributed by atoms with van der Waals surface area (Å²) in [6.45, 7) is 11.7. The van der Waals surface area contributed by atoms with Crippen LogP contribution in [0.4, 0.5) is 27.8 Å². The highest BCUT2D eigenvalue weighted by Gasteiger charge is 2.39. The predicted molar refractivity (Wildman–Crippen MR) is 350 cm³/mol. The molecule has 0 saturated carbocycles. The van der Waals surface area contributed by atoms with Gasteiger partial charge >= 0.3 is 6.09 Å². The lowest BCUT2D eigenvalue weighted by Crippen LogP contribution is -2.39. The fourth-order valence-electron chi connectivity index (χ4n) is 11.9. The third-order valence-corrected chi connectivity index (χ3v) is 17.8. The van der Waals surface area contributed by atoms with E-state index in [1.807, 2.05) is 48.2 Å². The van der Waals surface area contributed by atoms with E-state index in [9.17, 15) is 46.5 Å². The van der Waals surface area contributed by atoms with E-state index in [0.29, 0.717) is 96.5 Å². The van der Waals surface area contributed by atoms with Gasteiger partial charge in [0.2, 0.25) is 20.0 Å². The number of carbonyl (C=O) groups excluding carboxylic acids is 3. The van der Waals surface area contributed by atoms with Gasteiger partial charge in [0.25, 0.3) is 11.8 Å². The van der Waals surface area contributed by atoms with E-state index in [4.69, 9.17) is 64.7 Å². The SMILES string of the molecule is CC(C)(C)OC(=O)N1C[C@H](N=[N+]=[N-])[C@@H](O)C1.Cc1cn2nc([C@@H]3CCCCN3C(=O)c3cc(Cl)ccc3NS(C)(=O)=O)cc2nc1N1C[C@@H](O)[C@H](N=[N+]=[N-])C1.Cc1cn2nc([C@@H]3CCCCN3C(=O)c3cc(Cl)ccc3NS(C)(=O)=O)cc2nc1N1C[C@H](N=[N+]=[N-])[C@@H](O)C1. The lowest BCUT2D eigenvalue weighted by Gasteiger charge is -2.35. The highest BCUT2D eigenvalue weighted by atomic mass is 35.5. The third kappa shape index (κ3) is 16.8. The van der Waals surface area contributed by atoms with E-state index in [0.717, 1.165) is 49.3 Å². The maximum Gasteiger partial charge on any atom is 0.410 e. The molecule has 5 aliphatic heterocycles. The molecule has 5 fully saturated rings. The molecule has 11 rings (SSSR count). The number of rotatable bonds is 13. The minimum absolute atomic E-state index is 0.137. The number of aliphatic hydroxyl groups excluding tert-OH is 3. The van der Waals surface area contributed by atoms with Crippen molar-refractivity contribution in [2.75, 3.05) is 84.1 Å². The van der Waals surface area contributed by atoms with Crippen molar-refractivity contribution in [1.29, 1.82) is 0 Å². The van der Waals surface area contributed by atoms with Crippen LogP contribution in [0.2, 0.25) is 10.0 Å². The van der Waals surface area contributed by atoms with Crippen LogP contribution in [0.5, 0.6) is 0 Å². The first-order valence-corrected chi connectivity index (χ1v) is 34.5. The molecule has 5 N–H and O–H groups in total. The van der Waals surface area contributed by atoms with Gasteiger partial charge in [0.1, 0.15) is 17.2 Å². The number of hydrogen-bond acceptors (Lipinski definition) is 20. The number of carbonyl (C=O) groups is 3. The van der Waals surface area contributed by atoms with Crippen LogP contribution in [0.3, 0.4) is 0 Å². The van der Waals surface area contributed by atoms with Crippen molar-refractivity contribution in [2.24, 2.45) is 15.3 Å². The molecular weight excluding hydrogens is 1300 g/mol. The molecule has 4 aromatic heterocycles. The summed E-state index contributed by atoms with van der Waals surface area (Å²) in [4.78, 5) is 65.5. The van der Waals surface area contributed by atoms with Crippen molar-refractivity contribution in [1.82, 2.24) is 43.9 Å². The number of anilines is 4. The Morgan fingerprint density at radius 3 is 1.38 bits per heavy atom. The minimum atomic E-state index is -3.62. The molecule has 5 aliphatic rings. The molecular formula is C57H72Cl2N22O11S2. The molecule has 0 radical (unpaired) electrons. The summed E-state index contributed by atoms with van der Waals surface area (Å²) >= 11 is 12.4. The van der Waals surface area contributed by atoms with Crippen molar-refractivity contribution < 1.29 is 51.3 Å². The van der Waals surface area contributed by atoms with Gasteiger partial charge in [0.15, 0.2) is 11.3 Å². The summed E-state index contributed by atoms with van der Waals surface area (Å²) in [5.74, 6) is 0.641. The number of nitrogens with one attached hydrogen (secondary N) is 2. The number of likely N-dealkylation sites (tertiary alicyclic amines) is 3. The average Bonchev–Trinajstić information content (AvgIpc) is 1.63. The molecule has 9 heterocycles. The maximum absolute atomic E-state index is 13.8. The minimum Gasteiger partial charge on any atom is -0.444 e. The van der Waals surface area contributed by atoms with E-state index in [1.165, 1.54) is 41.3 Å². The number of piperidine rings is 2. The summed E-state index contributed by atoms with van der Waals surface area (Å²) in [6.07, 6.45) is 7.63. The molecule has 37 heteroatoms. The van der Waals surface area contributed by atoms with E-state index in [2.05, 4.69) is 39.5 Å². The number of nitrogens with zero attached hydrogens (tertiary/aromatic N) is 20. The van der Waals surface area contributed by atoms with Crippen LogP contribution in [0, 0.1) is 13.8 Å². The Morgan fingerprint density at radius 1 is 0.606 bits per heavy atom. The Balaban J connectivity index is 0.000000180. The molecule has 0 unspecified atom stereocenters. The van der Waals surface area contributed by atoms with Gasteiger partial charge in [-0.05, 0) is 126 Å². The maximum atomic E-state index is 13.8. The number of aryl methyl sites for hydroxylation is 2. The average molecular weight is 1380 g/mol. The van der Waals surface area contributed by atoms with Crippen molar-refractivity contribution >= 4 is 95.5 Å². The Morgan fingerprint density at radius 2 is 1.00 bits per heavy atom. The number of aromatic nitrogens is 6. The normalized spacial score (nSPS) is 22.3. The summed E-state index contributed by atoms with van der Waals surface area (Å²) in [5, 5.41) is 50.9. The van der Waals surface area contributed by atoms with E-state index >= 15 is 0 Å². The second-order valence-corrected chi connectivity index (χ2v) is 29.0. The van der Waals surface area contributed by atoms with Gasteiger partial charge in [-0.1, -0.05) is 38.5 Å².